The molecule has 1 aromatic carbocycles. The van der Waals surface area contributed by atoms with Gasteiger partial charge in [-0.15, -0.1) is 0 Å². The molecule has 15 heavy (non-hydrogen) atoms. The van der Waals surface area contributed by atoms with E-state index in [1.165, 1.54) is 18.4 Å². The molecule has 1 aliphatic rings. The predicted molar refractivity (Wildman–Crippen MR) is 65.2 cm³/mol. The summed E-state index contributed by atoms with van der Waals surface area (Å²) in [4.78, 5) is 0. The van der Waals surface area contributed by atoms with E-state index in [1.54, 1.807) is 0 Å². The minimum Gasteiger partial charge on any atom is -0.307 e. The first-order valence-electron chi connectivity index (χ1n) is 5.66. The summed E-state index contributed by atoms with van der Waals surface area (Å²) in [5.41, 5.74) is 1.55. The molecule has 0 spiro atoms. The van der Waals surface area contributed by atoms with Crippen LogP contribution in [0.4, 0.5) is 0 Å². The van der Waals surface area contributed by atoms with Crippen molar-refractivity contribution < 1.29 is 0 Å². The third-order valence-corrected chi connectivity index (χ3v) is 3.79. The summed E-state index contributed by atoms with van der Waals surface area (Å²) in [5.74, 6) is 0.612. The van der Waals surface area contributed by atoms with Gasteiger partial charge >= 0.3 is 0 Å². The number of nitrogens with one attached hydrogen (secondary N) is 1. The van der Waals surface area contributed by atoms with Gasteiger partial charge in [0.05, 0.1) is 0 Å². The highest BCUT2D eigenvalue weighted by Gasteiger charge is 2.37. The fraction of sp³-hybridized carbons (Fsp3) is 0.538. The Labute approximate surface area is 96.8 Å². The van der Waals surface area contributed by atoms with Gasteiger partial charge < -0.3 is 5.32 Å². The second kappa shape index (κ2) is 4.15. The monoisotopic (exact) mass is 223 g/mol. The molecule has 0 radical (unpaired) electrons. The zero-order valence-corrected chi connectivity index (χ0v) is 10.1. The van der Waals surface area contributed by atoms with Crippen LogP contribution in [0.25, 0.3) is 0 Å². The Morgan fingerprint density at radius 2 is 1.93 bits per heavy atom. The average molecular weight is 224 g/mol. The Morgan fingerprint density at radius 1 is 1.27 bits per heavy atom. The van der Waals surface area contributed by atoms with Crippen molar-refractivity contribution in [3.8, 4) is 0 Å². The lowest BCUT2D eigenvalue weighted by atomic mass is 9.79. The number of rotatable bonds is 2. The molecule has 1 aromatic rings. The van der Waals surface area contributed by atoms with Crippen molar-refractivity contribution in [1.82, 2.24) is 5.32 Å². The van der Waals surface area contributed by atoms with Gasteiger partial charge in [0.1, 0.15) is 0 Å². The molecule has 1 saturated heterocycles. The van der Waals surface area contributed by atoms with E-state index in [4.69, 9.17) is 11.6 Å². The Kier molecular flexibility index (Phi) is 3.03. The van der Waals surface area contributed by atoms with Gasteiger partial charge in [-0.25, -0.2) is 0 Å². The van der Waals surface area contributed by atoms with Crippen LogP contribution in [0, 0.1) is 5.92 Å². The highest BCUT2D eigenvalue weighted by atomic mass is 35.5. The summed E-state index contributed by atoms with van der Waals surface area (Å²) < 4.78 is 0. The van der Waals surface area contributed by atoms with Crippen molar-refractivity contribution in [2.24, 2.45) is 5.92 Å². The molecule has 82 valence electrons. The average Bonchev–Trinajstić information content (AvgIpc) is 2.69. The van der Waals surface area contributed by atoms with E-state index < -0.39 is 0 Å². The molecular formula is C13H18ClN. The van der Waals surface area contributed by atoms with Gasteiger partial charge in [0.15, 0.2) is 0 Å². The number of benzene rings is 1. The van der Waals surface area contributed by atoms with Crippen LogP contribution in [-0.2, 0) is 5.54 Å². The summed E-state index contributed by atoms with van der Waals surface area (Å²) in [6, 6.07) is 8.28. The molecule has 1 nitrogen and oxygen atoms in total. The van der Waals surface area contributed by atoms with Crippen LogP contribution >= 0.6 is 11.6 Å². The number of hydrogen-bond acceptors (Lipinski definition) is 1. The first-order chi connectivity index (χ1) is 7.15. The lowest BCUT2D eigenvalue weighted by molar-refractivity contribution is 0.277. The van der Waals surface area contributed by atoms with Gasteiger partial charge in [-0.3, -0.25) is 0 Å². The minimum absolute atomic E-state index is 0.171. The molecular weight excluding hydrogens is 206 g/mol. The molecule has 0 saturated carbocycles. The number of halogens is 1. The fourth-order valence-corrected chi connectivity index (χ4v) is 2.71. The standard InChI is InChI=1S/C13H18ClN/c1-10(2)13(8-3-9-15-13)11-4-6-12(14)7-5-11/h4-7,10,15H,3,8-9H2,1-2H3. The van der Waals surface area contributed by atoms with E-state index >= 15 is 0 Å². The lowest BCUT2D eigenvalue weighted by Crippen LogP contribution is -2.41. The molecule has 0 aromatic heterocycles. The number of hydrogen-bond donors (Lipinski definition) is 1. The topological polar surface area (TPSA) is 12.0 Å². The van der Waals surface area contributed by atoms with Crippen LogP contribution in [-0.4, -0.2) is 6.54 Å². The maximum Gasteiger partial charge on any atom is 0.0458 e. The van der Waals surface area contributed by atoms with E-state index in [1.807, 2.05) is 12.1 Å². The Hall–Kier alpha value is -0.530. The van der Waals surface area contributed by atoms with Crippen LogP contribution in [0.5, 0.6) is 0 Å². The van der Waals surface area contributed by atoms with Crippen molar-refractivity contribution in [2.45, 2.75) is 32.2 Å². The fourth-order valence-electron chi connectivity index (χ4n) is 2.59. The van der Waals surface area contributed by atoms with Crippen molar-refractivity contribution in [3.63, 3.8) is 0 Å². The summed E-state index contributed by atoms with van der Waals surface area (Å²) in [6.07, 6.45) is 2.49. The minimum atomic E-state index is 0.171. The lowest BCUT2D eigenvalue weighted by Gasteiger charge is -2.34. The Morgan fingerprint density at radius 3 is 2.40 bits per heavy atom. The van der Waals surface area contributed by atoms with E-state index in [0.29, 0.717) is 5.92 Å². The van der Waals surface area contributed by atoms with E-state index in [0.717, 1.165) is 11.6 Å². The zero-order valence-electron chi connectivity index (χ0n) is 9.39. The Balaban J connectivity index is 2.36. The van der Waals surface area contributed by atoms with Crippen LogP contribution in [0.3, 0.4) is 0 Å². The van der Waals surface area contributed by atoms with Gasteiger partial charge in [-0.1, -0.05) is 37.6 Å². The van der Waals surface area contributed by atoms with Crippen LogP contribution < -0.4 is 5.32 Å². The highest BCUT2D eigenvalue weighted by molar-refractivity contribution is 6.30. The highest BCUT2D eigenvalue weighted by Crippen LogP contribution is 2.37. The molecule has 2 rings (SSSR count). The zero-order chi connectivity index (χ0) is 10.9. The first kappa shape index (κ1) is 11.0. The van der Waals surface area contributed by atoms with Crippen LogP contribution in [0.2, 0.25) is 5.02 Å². The third kappa shape index (κ3) is 1.91. The Bertz CT molecular complexity index is 323. The third-order valence-electron chi connectivity index (χ3n) is 3.53. The summed E-state index contributed by atoms with van der Waals surface area (Å²) in [6.45, 7) is 5.70. The molecule has 1 heterocycles. The molecule has 0 bridgehead atoms. The van der Waals surface area contributed by atoms with E-state index in [-0.39, 0.29) is 5.54 Å². The summed E-state index contributed by atoms with van der Waals surface area (Å²) >= 11 is 5.92. The van der Waals surface area contributed by atoms with Gasteiger partial charge in [0.2, 0.25) is 0 Å². The molecule has 0 amide bonds. The molecule has 1 fully saturated rings. The van der Waals surface area contributed by atoms with Crippen molar-refractivity contribution in [1.29, 1.82) is 0 Å². The van der Waals surface area contributed by atoms with Crippen molar-refractivity contribution in [2.75, 3.05) is 6.54 Å². The second-order valence-corrected chi connectivity index (χ2v) is 5.10. The van der Waals surface area contributed by atoms with Gasteiger partial charge in [0, 0.05) is 10.6 Å². The van der Waals surface area contributed by atoms with Crippen LogP contribution in [0.15, 0.2) is 24.3 Å². The molecule has 1 N–H and O–H groups in total. The van der Waals surface area contributed by atoms with Gasteiger partial charge in [-0.05, 0) is 43.0 Å². The maximum absolute atomic E-state index is 5.92. The first-order valence-corrected chi connectivity index (χ1v) is 6.04. The predicted octanol–water partition coefficient (Wildman–Crippen LogP) is 3.57. The van der Waals surface area contributed by atoms with Gasteiger partial charge in [-0.2, -0.15) is 0 Å². The van der Waals surface area contributed by atoms with Gasteiger partial charge in [0.25, 0.3) is 0 Å². The molecule has 1 aliphatic heterocycles. The smallest absolute Gasteiger partial charge is 0.0458 e. The van der Waals surface area contributed by atoms with E-state index in [9.17, 15) is 0 Å². The molecule has 1 unspecified atom stereocenters. The molecule has 1 atom stereocenters. The van der Waals surface area contributed by atoms with Crippen LogP contribution in [0.1, 0.15) is 32.3 Å². The maximum atomic E-state index is 5.92. The van der Waals surface area contributed by atoms with Crippen molar-refractivity contribution in [3.05, 3.63) is 34.9 Å². The summed E-state index contributed by atoms with van der Waals surface area (Å²) in [7, 11) is 0. The quantitative estimate of drug-likeness (QED) is 0.808. The SMILES string of the molecule is CC(C)C1(c2ccc(Cl)cc2)CCCN1. The molecule has 0 aliphatic carbocycles. The normalized spacial score (nSPS) is 26.1. The largest absolute Gasteiger partial charge is 0.307 e. The second-order valence-electron chi connectivity index (χ2n) is 4.66. The van der Waals surface area contributed by atoms with Crippen molar-refractivity contribution >= 4 is 11.6 Å². The summed E-state index contributed by atoms with van der Waals surface area (Å²) in [5, 5.41) is 4.48. The molecule has 2 heteroatoms. The van der Waals surface area contributed by atoms with E-state index in [2.05, 4.69) is 31.3 Å².